The molecule has 0 radical (unpaired) electrons. The SMILES string of the molecule is CCNC(=NCc1ccccc1OC)NCC(C)(C)CN(C)C.I. The highest BCUT2D eigenvalue weighted by atomic mass is 127. The summed E-state index contributed by atoms with van der Waals surface area (Å²) >= 11 is 0. The van der Waals surface area contributed by atoms with Crippen LogP contribution >= 0.6 is 24.0 Å². The molecule has 138 valence electrons. The first-order valence-corrected chi connectivity index (χ1v) is 8.17. The first-order valence-electron chi connectivity index (χ1n) is 8.17. The molecule has 0 atom stereocenters. The number of hydrogen-bond acceptors (Lipinski definition) is 3. The lowest BCUT2D eigenvalue weighted by Gasteiger charge is -2.29. The number of halogens is 1. The largest absolute Gasteiger partial charge is 0.496 e. The Labute approximate surface area is 164 Å². The predicted molar refractivity (Wildman–Crippen MR) is 114 cm³/mol. The molecule has 1 rings (SSSR count). The normalized spacial score (nSPS) is 11.9. The van der Waals surface area contributed by atoms with Gasteiger partial charge in [-0.05, 0) is 32.5 Å². The number of methoxy groups -OCH3 is 1. The molecule has 0 heterocycles. The van der Waals surface area contributed by atoms with E-state index in [9.17, 15) is 0 Å². The van der Waals surface area contributed by atoms with Gasteiger partial charge < -0.3 is 20.3 Å². The van der Waals surface area contributed by atoms with Crippen molar-refractivity contribution in [3.8, 4) is 5.75 Å². The molecule has 0 bridgehead atoms. The number of nitrogens with zero attached hydrogens (tertiary/aromatic N) is 2. The highest BCUT2D eigenvalue weighted by Gasteiger charge is 2.19. The quantitative estimate of drug-likeness (QED) is 0.365. The van der Waals surface area contributed by atoms with Crippen molar-refractivity contribution < 1.29 is 4.74 Å². The molecule has 0 saturated heterocycles. The van der Waals surface area contributed by atoms with Crippen molar-refractivity contribution in [1.82, 2.24) is 15.5 Å². The molecule has 2 N–H and O–H groups in total. The second-order valence-electron chi connectivity index (χ2n) is 6.76. The van der Waals surface area contributed by atoms with Crippen LogP contribution in [0.25, 0.3) is 0 Å². The van der Waals surface area contributed by atoms with Crippen LogP contribution in [0.2, 0.25) is 0 Å². The van der Waals surface area contributed by atoms with E-state index in [2.05, 4.69) is 55.4 Å². The van der Waals surface area contributed by atoms with Crippen molar-refractivity contribution >= 4 is 29.9 Å². The highest BCUT2D eigenvalue weighted by Crippen LogP contribution is 2.18. The van der Waals surface area contributed by atoms with E-state index in [4.69, 9.17) is 4.74 Å². The van der Waals surface area contributed by atoms with Crippen LogP contribution in [0.15, 0.2) is 29.3 Å². The van der Waals surface area contributed by atoms with E-state index in [1.54, 1.807) is 7.11 Å². The Morgan fingerprint density at radius 2 is 1.88 bits per heavy atom. The van der Waals surface area contributed by atoms with Crippen LogP contribution in [0.5, 0.6) is 5.75 Å². The maximum atomic E-state index is 5.38. The average molecular weight is 448 g/mol. The topological polar surface area (TPSA) is 48.9 Å². The van der Waals surface area contributed by atoms with Crippen LogP contribution in [0.4, 0.5) is 0 Å². The van der Waals surface area contributed by atoms with Gasteiger partial charge in [0.2, 0.25) is 0 Å². The molecule has 1 aromatic rings. The van der Waals surface area contributed by atoms with E-state index in [0.29, 0.717) is 6.54 Å². The Kier molecular flexibility index (Phi) is 11.0. The summed E-state index contributed by atoms with van der Waals surface area (Å²) < 4.78 is 5.38. The van der Waals surface area contributed by atoms with Gasteiger partial charge >= 0.3 is 0 Å². The summed E-state index contributed by atoms with van der Waals surface area (Å²) in [5, 5.41) is 6.75. The van der Waals surface area contributed by atoms with Crippen molar-refractivity contribution in [2.75, 3.05) is 40.8 Å². The predicted octanol–water partition coefficient (Wildman–Crippen LogP) is 2.96. The number of ether oxygens (including phenoxy) is 1. The minimum Gasteiger partial charge on any atom is -0.496 e. The van der Waals surface area contributed by atoms with Crippen molar-refractivity contribution in [2.45, 2.75) is 27.3 Å². The van der Waals surface area contributed by atoms with Crippen LogP contribution in [0, 0.1) is 5.41 Å². The Hall–Kier alpha value is -1.02. The number of rotatable bonds is 8. The number of para-hydroxylation sites is 1. The van der Waals surface area contributed by atoms with Gasteiger partial charge in [-0.3, -0.25) is 0 Å². The van der Waals surface area contributed by atoms with Gasteiger partial charge in [0.05, 0.1) is 13.7 Å². The van der Waals surface area contributed by atoms with Crippen LogP contribution < -0.4 is 15.4 Å². The molecule has 5 nitrogen and oxygen atoms in total. The number of benzene rings is 1. The number of nitrogens with one attached hydrogen (secondary N) is 2. The summed E-state index contributed by atoms with van der Waals surface area (Å²) in [6, 6.07) is 7.99. The van der Waals surface area contributed by atoms with Gasteiger partial charge in [0.25, 0.3) is 0 Å². The highest BCUT2D eigenvalue weighted by molar-refractivity contribution is 14.0. The molecule has 24 heavy (non-hydrogen) atoms. The second-order valence-corrected chi connectivity index (χ2v) is 6.76. The fourth-order valence-electron chi connectivity index (χ4n) is 2.57. The zero-order chi connectivity index (χ0) is 17.3. The molecule has 0 amide bonds. The maximum Gasteiger partial charge on any atom is 0.191 e. The zero-order valence-electron chi connectivity index (χ0n) is 15.8. The van der Waals surface area contributed by atoms with E-state index in [1.807, 2.05) is 24.3 Å². The van der Waals surface area contributed by atoms with E-state index in [1.165, 1.54) is 0 Å². The molecule has 0 unspecified atom stereocenters. The Morgan fingerprint density at radius 3 is 2.46 bits per heavy atom. The standard InChI is InChI=1S/C18H32N4O.HI/c1-7-19-17(21-13-18(2,3)14-22(4)5)20-12-15-10-8-9-11-16(15)23-6;/h8-11H,7,12-14H2,1-6H3,(H2,19,20,21);1H. The van der Waals surface area contributed by atoms with Crippen LogP contribution in [-0.2, 0) is 6.54 Å². The van der Waals surface area contributed by atoms with Crippen molar-refractivity contribution in [2.24, 2.45) is 10.4 Å². The summed E-state index contributed by atoms with van der Waals surface area (Å²) in [7, 11) is 5.89. The minimum absolute atomic E-state index is 0. The first-order chi connectivity index (χ1) is 10.9. The molecule has 0 spiro atoms. The molecule has 0 aromatic heterocycles. The molecular weight excluding hydrogens is 415 g/mol. The van der Waals surface area contributed by atoms with Gasteiger partial charge in [0.15, 0.2) is 5.96 Å². The van der Waals surface area contributed by atoms with E-state index < -0.39 is 0 Å². The lowest BCUT2D eigenvalue weighted by molar-refractivity contribution is 0.241. The molecule has 0 aliphatic heterocycles. The van der Waals surface area contributed by atoms with Crippen molar-refractivity contribution in [3.05, 3.63) is 29.8 Å². The van der Waals surface area contributed by atoms with Crippen LogP contribution in [-0.4, -0.2) is 51.7 Å². The summed E-state index contributed by atoms with van der Waals surface area (Å²) in [5.41, 5.74) is 1.25. The minimum atomic E-state index is 0. The summed E-state index contributed by atoms with van der Waals surface area (Å²) in [6.45, 7) is 9.90. The van der Waals surface area contributed by atoms with Gasteiger partial charge in [0, 0.05) is 25.2 Å². The molecule has 0 aliphatic rings. The van der Waals surface area contributed by atoms with E-state index >= 15 is 0 Å². The molecule has 0 saturated carbocycles. The third-order valence-electron chi connectivity index (χ3n) is 3.42. The molecule has 6 heteroatoms. The second kappa shape index (κ2) is 11.5. The Balaban J connectivity index is 0.00000529. The fraction of sp³-hybridized carbons (Fsp3) is 0.611. The molecule has 0 fully saturated rings. The Morgan fingerprint density at radius 1 is 1.21 bits per heavy atom. The van der Waals surface area contributed by atoms with Crippen LogP contribution in [0.1, 0.15) is 26.3 Å². The van der Waals surface area contributed by atoms with Gasteiger partial charge in [-0.1, -0.05) is 32.0 Å². The lowest BCUT2D eigenvalue weighted by Crippen LogP contribution is -2.44. The van der Waals surface area contributed by atoms with Gasteiger partial charge in [-0.15, -0.1) is 24.0 Å². The lowest BCUT2D eigenvalue weighted by atomic mass is 9.93. The summed E-state index contributed by atoms with van der Waals surface area (Å²) in [5.74, 6) is 1.71. The molecule has 1 aromatic carbocycles. The van der Waals surface area contributed by atoms with Crippen LogP contribution in [0.3, 0.4) is 0 Å². The third kappa shape index (κ3) is 8.73. The number of aliphatic imine (C=N–C) groups is 1. The summed E-state index contributed by atoms with van der Waals surface area (Å²) in [6.07, 6.45) is 0. The molecular formula is C18H33IN4O. The zero-order valence-corrected chi connectivity index (χ0v) is 18.2. The van der Waals surface area contributed by atoms with E-state index in [-0.39, 0.29) is 29.4 Å². The fourth-order valence-corrected chi connectivity index (χ4v) is 2.57. The monoisotopic (exact) mass is 448 g/mol. The first kappa shape index (κ1) is 23.0. The van der Waals surface area contributed by atoms with Gasteiger partial charge in [-0.2, -0.15) is 0 Å². The maximum absolute atomic E-state index is 5.38. The van der Waals surface area contributed by atoms with Crippen molar-refractivity contribution in [1.29, 1.82) is 0 Å². The van der Waals surface area contributed by atoms with Gasteiger partial charge in [-0.25, -0.2) is 4.99 Å². The Bertz CT molecular complexity index is 504. The third-order valence-corrected chi connectivity index (χ3v) is 3.42. The van der Waals surface area contributed by atoms with E-state index in [0.717, 1.165) is 36.9 Å². The summed E-state index contributed by atoms with van der Waals surface area (Å²) in [4.78, 5) is 6.88. The van der Waals surface area contributed by atoms with Gasteiger partial charge in [0.1, 0.15) is 5.75 Å². The van der Waals surface area contributed by atoms with Crippen molar-refractivity contribution in [3.63, 3.8) is 0 Å². The smallest absolute Gasteiger partial charge is 0.191 e. The average Bonchev–Trinajstić information content (AvgIpc) is 2.49. The molecule has 0 aliphatic carbocycles. The number of hydrogen-bond donors (Lipinski definition) is 2. The number of guanidine groups is 1.